The maximum atomic E-state index is 13.1. The predicted molar refractivity (Wildman–Crippen MR) is 126 cm³/mol. The van der Waals surface area contributed by atoms with Crippen LogP contribution in [0.5, 0.6) is 0 Å². The second kappa shape index (κ2) is 9.52. The van der Waals surface area contributed by atoms with E-state index in [0.29, 0.717) is 17.4 Å². The molecule has 0 unspecified atom stereocenters. The van der Waals surface area contributed by atoms with Gasteiger partial charge in [-0.15, -0.1) is 0 Å². The molecule has 1 aliphatic rings. The maximum Gasteiger partial charge on any atom is 0.261 e. The Morgan fingerprint density at radius 2 is 1.97 bits per heavy atom. The van der Waals surface area contributed by atoms with E-state index < -0.39 is 0 Å². The lowest BCUT2D eigenvalue weighted by atomic mass is 10.0. The van der Waals surface area contributed by atoms with Crippen molar-refractivity contribution in [2.75, 3.05) is 37.4 Å². The van der Waals surface area contributed by atoms with E-state index in [-0.39, 0.29) is 5.91 Å². The van der Waals surface area contributed by atoms with Crippen LogP contribution in [0.2, 0.25) is 0 Å². The minimum absolute atomic E-state index is 0.164. The third-order valence-electron chi connectivity index (χ3n) is 6.20. The summed E-state index contributed by atoms with van der Waals surface area (Å²) in [6.45, 7) is 4.19. The largest absolute Gasteiger partial charge is 0.460 e. The van der Waals surface area contributed by atoms with Crippen molar-refractivity contribution < 1.29 is 9.21 Å². The van der Waals surface area contributed by atoms with Gasteiger partial charge in [0.2, 0.25) is 0 Å². The van der Waals surface area contributed by atoms with Crippen LogP contribution in [0.3, 0.4) is 0 Å². The predicted octanol–water partition coefficient (Wildman–Crippen LogP) is 4.95. The molecule has 1 fully saturated rings. The number of nitrogens with one attached hydrogen (secondary N) is 1. The number of furan rings is 1. The first-order valence-electron chi connectivity index (χ1n) is 11.3. The molecule has 0 saturated carbocycles. The number of unbranched alkanes of at least 4 members (excludes halogenated alkanes) is 1. The number of aromatic nitrogens is 1. The molecule has 31 heavy (non-hydrogen) atoms. The zero-order valence-corrected chi connectivity index (χ0v) is 18.7. The molecular weight excluding hydrogens is 388 g/mol. The summed E-state index contributed by atoms with van der Waals surface area (Å²) < 4.78 is 5.99. The number of benzene rings is 1. The van der Waals surface area contributed by atoms with Gasteiger partial charge in [0.05, 0.1) is 17.4 Å². The van der Waals surface area contributed by atoms with Gasteiger partial charge in [0.25, 0.3) is 5.91 Å². The monoisotopic (exact) mass is 420 g/mol. The maximum absolute atomic E-state index is 13.1. The Balaban J connectivity index is 1.47. The number of carbonyl (C=O) groups excluding carboxylic acids is 1. The van der Waals surface area contributed by atoms with Gasteiger partial charge in [-0.25, -0.2) is 4.98 Å². The van der Waals surface area contributed by atoms with E-state index >= 15 is 0 Å². The van der Waals surface area contributed by atoms with E-state index in [1.54, 1.807) is 0 Å². The highest BCUT2D eigenvalue weighted by Crippen LogP contribution is 2.28. The van der Waals surface area contributed by atoms with Crippen molar-refractivity contribution in [1.29, 1.82) is 0 Å². The third-order valence-corrected chi connectivity index (χ3v) is 6.20. The highest BCUT2D eigenvalue weighted by Gasteiger charge is 2.22. The molecule has 3 aromatic rings. The minimum Gasteiger partial charge on any atom is -0.460 e. The molecule has 2 aromatic heterocycles. The molecule has 6 heteroatoms. The number of aryl methyl sites for hydroxylation is 1. The summed E-state index contributed by atoms with van der Waals surface area (Å²) in [4.78, 5) is 22.3. The summed E-state index contributed by atoms with van der Waals surface area (Å²) in [5.41, 5.74) is 2.48. The Hall–Kier alpha value is -2.86. The molecule has 4 rings (SSSR count). The van der Waals surface area contributed by atoms with Crippen LogP contribution in [0, 0.1) is 0 Å². The minimum atomic E-state index is -0.164. The SMILES string of the molecule is CCCCc1oc2ccccc2c1C(=O)Nc1ccc(N2CCC(N(C)C)CC2)cn1. The normalized spacial score (nSPS) is 15.0. The number of hydrogen-bond acceptors (Lipinski definition) is 5. The van der Waals surface area contributed by atoms with Crippen molar-refractivity contribution in [3.8, 4) is 0 Å². The van der Waals surface area contributed by atoms with Crippen LogP contribution in [0.25, 0.3) is 11.0 Å². The number of nitrogens with zero attached hydrogens (tertiary/aromatic N) is 3. The van der Waals surface area contributed by atoms with Gasteiger partial charge in [-0.2, -0.15) is 0 Å². The van der Waals surface area contributed by atoms with E-state index in [9.17, 15) is 4.79 Å². The standard InChI is InChI=1S/C25H32N4O2/c1-4-5-9-22-24(20-8-6-7-10-21(20)31-22)25(30)27-23-12-11-19(17-26-23)29-15-13-18(14-16-29)28(2)3/h6-8,10-12,17-18H,4-5,9,13-16H2,1-3H3,(H,26,27,30). The Kier molecular flexibility index (Phi) is 6.56. The highest BCUT2D eigenvalue weighted by molar-refractivity contribution is 6.13. The number of hydrogen-bond donors (Lipinski definition) is 1. The number of anilines is 2. The first-order chi connectivity index (χ1) is 15.1. The Morgan fingerprint density at radius 1 is 1.19 bits per heavy atom. The van der Waals surface area contributed by atoms with E-state index in [2.05, 4.69) is 41.1 Å². The molecule has 0 radical (unpaired) electrons. The number of fused-ring (bicyclic) bond motifs is 1. The van der Waals surface area contributed by atoms with Crippen LogP contribution in [0.15, 0.2) is 47.0 Å². The molecule has 0 aliphatic carbocycles. The van der Waals surface area contributed by atoms with Gasteiger partial charge in [0.1, 0.15) is 17.2 Å². The van der Waals surface area contributed by atoms with E-state index in [1.165, 1.54) is 0 Å². The van der Waals surface area contributed by atoms with Crippen molar-refractivity contribution in [3.05, 3.63) is 53.9 Å². The number of rotatable bonds is 7. The quantitative estimate of drug-likeness (QED) is 0.586. The van der Waals surface area contributed by atoms with Crippen LogP contribution in [-0.4, -0.2) is 49.0 Å². The number of para-hydroxylation sites is 1. The molecule has 0 spiro atoms. The number of piperidine rings is 1. The van der Waals surface area contributed by atoms with Crippen LogP contribution < -0.4 is 10.2 Å². The molecule has 6 nitrogen and oxygen atoms in total. The summed E-state index contributed by atoms with van der Waals surface area (Å²) in [6.07, 6.45) is 6.95. The molecule has 0 atom stereocenters. The summed E-state index contributed by atoms with van der Waals surface area (Å²) in [5, 5.41) is 3.82. The average molecular weight is 421 g/mol. The second-order valence-corrected chi connectivity index (χ2v) is 8.54. The summed E-state index contributed by atoms with van der Waals surface area (Å²) in [5.74, 6) is 1.15. The fourth-order valence-electron chi connectivity index (χ4n) is 4.32. The Labute approximate surface area is 184 Å². The highest BCUT2D eigenvalue weighted by atomic mass is 16.3. The number of amides is 1. The van der Waals surface area contributed by atoms with Crippen LogP contribution in [0.4, 0.5) is 11.5 Å². The molecule has 1 amide bonds. The van der Waals surface area contributed by atoms with Crippen LogP contribution in [-0.2, 0) is 6.42 Å². The van der Waals surface area contributed by atoms with Gasteiger partial charge in [-0.05, 0) is 51.6 Å². The molecule has 1 aromatic carbocycles. The Bertz CT molecular complexity index is 1020. The smallest absolute Gasteiger partial charge is 0.261 e. The first-order valence-corrected chi connectivity index (χ1v) is 11.3. The average Bonchev–Trinajstić information content (AvgIpc) is 3.16. The fraction of sp³-hybridized carbons (Fsp3) is 0.440. The van der Waals surface area contributed by atoms with E-state index in [1.807, 2.05) is 42.6 Å². The van der Waals surface area contributed by atoms with Crippen molar-refractivity contribution in [3.63, 3.8) is 0 Å². The summed E-state index contributed by atoms with van der Waals surface area (Å²) in [6, 6.07) is 12.3. The third kappa shape index (κ3) is 4.74. The van der Waals surface area contributed by atoms with Gasteiger partial charge < -0.3 is 19.5 Å². The van der Waals surface area contributed by atoms with E-state index in [0.717, 1.165) is 67.6 Å². The Morgan fingerprint density at radius 3 is 2.65 bits per heavy atom. The molecule has 1 N–H and O–H groups in total. The van der Waals surface area contributed by atoms with Crippen molar-refractivity contribution >= 4 is 28.4 Å². The van der Waals surface area contributed by atoms with Crippen molar-refractivity contribution in [2.24, 2.45) is 0 Å². The topological polar surface area (TPSA) is 61.6 Å². The molecule has 164 valence electrons. The van der Waals surface area contributed by atoms with Crippen molar-refractivity contribution in [1.82, 2.24) is 9.88 Å². The lowest BCUT2D eigenvalue weighted by molar-refractivity contribution is 0.102. The fourth-order valence-corrected chi connectivity index (χ4v) is 4.32. The van der Waals surface area contributed by atoms with Gasteiger partial charge in [-0.3, -0.25) is 4.79 Å². The molecule has 3 heterocycles. The van der Waals surface area contributed by atoms with Crippen molar-refractivity contribution in [2.45, 2.75) is 45.1 Å². The lowest BCUT2D eigenvalue weighted by Crippen LogP contribution is -2.42. The molecular formula is C25H32N4O2. The zero-order chi connectivity index (χ0) is 21.8. The van der Waals surface area contributed by atoms with Gasteiger partial charge in [0, 0.05) is 30.9 Å². The number of pyridine rings is 1. The number of carbonyl (C=O) groups is 1. The molecule has 0 bridgehead atoms. The van der Waals surface area contributed by atoms with Gasteiger partial charge in [-0.1, -0.05) is 31.5 Å². The van der Waals surface area contributed by atoms with Crippen LogP contribution in [0.1, 0.15) is 48.7 Å². The molecule has 1 saturated heterocycles. The molecule has 1 aliphatic heterocycles. The van der Waals surface area contributed by atoms with Gasteiger partial charge in [0.15, 0.2) is 0 Å². The zero-order valence-electron chi connectivity index (χ0n) is 18.7. The van der Waals surface area contributed by atoms with Gasteiger partial charge >= 0.3 is 0 Å². The van der Waals surface area contributed by atoms with Crippen LogP contribution >= 0.6 is 0 Å². The summed E-state index contributed by atoms with van der Waals surface area (Å²) >= 11 is 0. The summed E-state index contributed by atoms with van der Waals surface area (Å²) in [7, 11) is 4.30. The lowest BCUT2D eigenvalue weighted by Gasteiger charge is -2.36. The van der Waals surface area contributed by atoms with E-state index in [4.69, 9.17) is 4.42 Å². The first kappa shape index (κ1) is 21.4. The second-order valence-electron chi connectivity index (χ2n) is 8.54.